The number of hydrogen-bond acceptors (Lipinski definition) is 4. The molecule has 0 N–H and O–H groups in total. The first-order chi connectivity index (χ1) is 8.97. The van der Waals surface area contributed by atoms with Gasteiger partial charge in [0.2, 0.25) is 5.78 Å². The molecule has 1 aromatic heterocycles. The molecule has 3 nitrogen and oxygen atoms in total. The van der Waals surface area contributed by atoms with E-state index in [1.807, 2.05) is 45.9 Å². The fraction of sp³-hybridized carbons (Fsp3) is 0.333. The van der Waals surface area contributed by atoms with Gasteiger partial charge in [-0.25, -0.2) is 4.98 Å². The molecule has 1 heterocycles. The van der Waals surface area contributed by atoms with Gasteiger partial charge in [0.05, 0.1) is 21.7 Å². The van der Waals surface area contributed by atoms with Crippen LogP contribution < -0.4 is 4.74 Å². The van der Waals surface area contributed by atoms with Gasteiger partial charge in [0, 0.05) is 5.56 Å². The molecule has 0 atom stereocenters. The zero-order valence-electron chi connectivity index (χ0n) is 11.6. The molecule has 0 unspecified atom stereocenters. The summed E-state index contributed by atoms with van der Waals surface area (Å²) in [6, 6.07) is 7.30. The maximum atomic E-state index is 12.4. The van der Waals surface area contributed by atoms with Crippen LogP contribution in [0.5, 0.6) is 5.75 Å². The predicted molar refractivity (Wildman–Crippen MR) is 77.2 cm³/mol. The van der Waals surface area contributed by atoms with E-state index in [2.05, 4.69) is 4.98 Å². The van der Waals surface area contributed by atoms with Crippen LogP contribution in [0.15, 0.2) is 24.3 Å². The summed E-state index contributed by atoms with van der Waals surface area (Å²) in [6.07, 6.45) is 0.0951. The van der Waals surface area contributed by atoms with E-state index in [4.69, 9.17) is 4.74 Å². The smallest absolute Gasteiger partial charge is 0.204 e. The first-order valence-corrected chi connectivity index (χ1v) is 7.04. The molecular formula is C15H17NO2S. The average Bonchev–Trinajstić information content (AvgIpc) is 2.67. The number of carbonyl (C=O) groups is 1. The SMILES string of the molecule is Cc1nc(C)c(C(=O)c2cccc(OC(C)C)c2)s1. The zero-order valence-corrected chi connectivity index (χ0v) is 12.4. The summed E-state index contributed by atoms with van der Waals surface area (Å²) in [6.45, 7) is 7.70. The lowest BCUT2D eigenvalue weighted by Gasteiger charge is -2.10. The molecule has 4 heteroatoms. The first kappa shape index (κ1) is 13.7. The van der Waals surface area contributed by atoms with Crippen molar-refractivity contribution >= 4 is 17.1 Å². The number of ketones is 1. The second-order valence-electron chi connectivity index (χ2n) is 4.67. The Balaban J connectivity index is 2.31. The lowest BCUT2D eigenvalue weighted by atomic mass is 10.1. The van der Waals surface area contributed by atoms with Crippen molar-refractivity contribution in [3.8, 4) is 5.75 Å². The molecule has 0 aliphatic carbocycles. The topological polar surface area (TPSA) is 39.2 Å². The van der Waals surface area contributed by atoms with E-state index < -0.39 is 0 Å². The molecule has 2 rings (SSSR count). The standard InChI is InChI=1S/C15H17NO2S/c1-9(2)18-13-7-5-6-12(8-13)14(17)15-10(3)16-11(4)19-15/h5-9H,1-4H3. The Kier molecular flexibility index (Phi) is 4.00. The van der Waals surface area contributed by atoms with Crippen LogP contribution in [0.1, 0.15) is 39.8 Å². The van der Waals surface area contributed by atoms with Gasteiger partial charge in [-0.05, 0) is 39.8 Å². The number of aryl methyl sites for hydroxylation is 2. The molecular weight excluding hydrogens is 258 g/mol. The predicted octanol–water partition coefficient (Wildman–Crippen LogP) is 3.78. The van der Waals surface area contributed by atoms with Gasteiger partial charge in [-0.2, -0.15) is 0 Å². The number of aromatic nitrogens is 1. The van der Waals surface area contributed by atoms with Crippen molar-refractivity contribution in [1.82, 2.24) is 4.98 Å². The van der Waals surface area contributed by atoms with Gasteiger partial charge in [-0.15, -0.1) is 11.3 Å². The molecule has 100 valence electrons. The number of nitrogens with zero attached hydrogens (tertiary/aromatic N) is 1. The van der Waals surface area contributed by atoms with Crippen molar-refractivity contribution in [2.24, 2.45) is 0 Å². The molecule has 19 heavy (non-hydrogen) atoms. The molecule has 0 saturated carbocycles. The molecule has 0 spiro atoms. The Bertz CT molecular complexity index is 602. The second-order valence-corrected chi connectivity index (χ2v) is 5.87. The number of thiazole rings is 1. The van der Waals surface area contributed by atoms with Crippen LogP contribution in [0.4, 0.5) is 0 Å². The van der Waals surface area contributed by atoms with Crippen molar-refractivity contribution in [2.75, 3.05) is 0 Å². The van der Waals surface area contributed by atoms with Crippen molar-refractivity contribution in [2.45, 2.75) is 33.8 Å². The highest BCUT2D eigenvalue weighted by molar-refractivity contribution is 7.14. The highest BCUT2D eigenvalue weighted by Gasteiger charge is 2.16. The lowest BCUT2D eigenvalue weighted by Crippen LogP contribution is -2.07. The largest absolute Gasteiger partial charge is 0.491 e. The summed E-state index contributed by atoms with van der Waals surface area (Å²) < 4.78 is 5.61. The Morgan fingerprint density at radius 1 is 1.32 bits per heavy atom. The van der Waals surface area contributed by atoms with Crippen molar-refractivity contribution in [3.63, 3.8) is 0 Å². The van der Waals surface area contributed by atoms with Crippen LogP contribution in [0, 0.1) is 13.8 Å². The maximum absolute atomic E-state index is 12.4. The van der Waals surface area contributed by atoms with E-state index in [0.717, 1.165) is 16.5 Å². The number of carbonyl (C=O) groups excluding carboxylic acids is 1. The van der Waals surface area contributed by atoms with E-state index in [-0.39, 0.29) is 11.9 Å². The highest BCUT2D eigenvalue weighted by Crippen LogP contribution is 2.23. The third kappa shape index (κ3) is 3.20. The molecule has 0 aliphatic heterocycles. The summed E-state index contributed by atoms with van der Waals surface area (Å²) in [5, 5.41) is 0.912. The second kappa shape index (κ2) is 5.53. The monoisotopic (exact) mass is 275 g/mol. The summed E-state index contributed by atoms with van der Waals surface area (Å²) in [7, 11) is 0. The van der Waals surface area contributed by atoms with Crippen LogP contribution in [-0.2, 0) is 0 Å². The summed E-state index contributed by atoms with van der Waals surface area (Å²) in [5.41, 5.74) is 1.44. The van der Waals surface area contributed by atoms with Gasteiger partial charge in [0.25, 0.3) is 0 Å². The van der Waals surface area contributed by atoms with E-state index >= 15 is 0 Å². The number of benzene rings is 1. The fourth-order valence-corrected chi connectivity index (χ4v) is 2.74. The molecule has 1 aromatic carbocycles. The fourth-order valence-electron chi connectivity index (χ4n) is 1.86. The van der Waals surface area contributed by atoms with E-state index in [0.29, 0.717) is 10.4 Å². The Morgan fingerprint density at radius 2 is 2.05 bits per heavy atom. The molecule has 0 bridgehead atoms. The minimum Gasteiger partial charge on any atom is -0.491 e. The van der Waals surface area contributed by atoms with Gasteiger partial charge in [0.1, 0.15) is 5.75 Å². The summed E-state index contributed by atoms with van der Waals surface area (Å²) in [5.74, 6) is 0.733. The minimum absolute atomic E-state index is 0.0114. The van der Waals surface area contributed by atoms with Crippen LogP contribution in [0.3, 0.4) is 0 Å². The van der Waals surface area contributed by atoms with Crippen LogP contribution in [0.25, 0.3) is 0 Å². The maximum Gasteiger partial charge on any atom is 0.204 e. The quantitative estimate of drug-likeness (QED) is 0.797. The Labute approximate surface area is 117 Å². The van der Waals surface area contributed by atoms with Gasteiger partial charge >= 0.3 is 0 Å². The van der Waals surface area contributed by atoms with Gasteiger partial charge in [-0.3, -0.25) is 4.79 Å². The third-order valence-corrected chi connectivity index (χ3v) is 3.65. The molecule has 0 saturated heterocycles. The normalized spacial score (nSPS) is 10.8. The third-order valence-electron chi connectivity index (χ3n) is 2.58. The summed E-state index contributed by atoms with van der Waals surface area (Å²) in [4.78, 5) is 17.4. The Hall–Kier alpha value is -1.68. The molecule has 2 aromatic rings. The van der Waals surface area contributed by atoms with E-state index in [9.17, 15) is 4.79 Å². The molecule has 0 amide bonds. The molecule has 0 aliphatic rings. The highest BCUT2D eigenvalue weighted by atomic mass is 32.1. The average molecular weight is 275 g/mol. The van der Waals surface area contributed by atoms with Crippen molar-refractivity contribution < 1.29 is 9.53 Å². The van der Waals surface area contributed by atoms with E-state index in [1.54, 1.807) is 6.07 Å². The van der Waals surface area contributed by atoms with Gasteiger partial charge < -0.3 is 4.74 Å². The van der Waals surface area contributed by atoms with Crippen molar-refractivity contribution in [1.29, 1.82) is 0 Å². The van der Waals surface area contributed by atoms with Crippen LogP contribution in [0.2, 0.25) is 0 Å². The zero-order chi connectivity index (χ0) is 14.0. The van der Waals surface area contributed by atoms with E-state index in [1.165, 1.54) is 11.3 Å². The lowest BCUT2D eigenvalue weighted by molar-refractivity contribution is 0.104. The van der Waals surface area contributed by atoms with Crippen molar-refractivity contribution in [3.05, 3.63) is 45.4 Å². The molecule has 0 radical (unpaired) electrons. The number of hydrogen-bond donors (Lipinski definition) is 0. The minimum atomic E-state index is 0.0114. The molecule has 0 fully saturated rings. The Morgan fingerprint density at radius 3 is 2.63 bits per heavy atom. The number of ether oxygens (including phenoxy) is 1. The van der Waals surface area contributed by atoms with Crippen LogP contribution in [-0.4, -0.2) is 16.9 Å². The summed E-state index contributed by atoms with van der Waals surface area (Å²) >= 11 is 1.44. The first-order valence-electron chi connectivity index (χ1n) is 6.23. The number of rotatable bonds is 4. The van der Waals surface area contributed by atoms with Gasteiger partial charge in [-0.1, -0.05) is 12.1 Å². The van der Waals surface area contributed by atoms with Gasteiger partial charge in [0.15, 0.2) is 0 Å². The van der Waals surface area contributed by atoms with Crippen LogP contribution >= 0.6 is 11.3 Å².